The van der Waals surface area contributed by atoms with Crippen LogP contribution in [0.25, 0.3) is 0 Å². The smallest absolute Gasteiger partial charge is 0.416 e. The summed E-state index contributed by atoms with van der Waals surface area (Å²) in [5, 5.41) is 0. The van der Waals surface area contributed by atoms with E-state index >= 15 is 0 Å². The van der Waals surface area contributed by atoms with E-state index in [1.807, 2.05) is 13.8 Å². The number of hydrogen-bond acceptors (Lipinski definition) is 2. The summed E-state index contributed by atoms with van der Waals surface area (Å²) in [7, 11) is 0. The molecule has 0 heterocycles. The van der Waals surface area contributed by atoms with Crippen molar-refractivity contribution in [1.29, 1.82) is 0 Å². The minimum absolute atomic E-state index is 0.0534. The molecule has 0 aromatic heterocycles. The van der Waals surface area contributed by atoms with Gasteiger partial charge in [0.15, 0.2) is 0 Å². The van der Waals surface area contributed by atoms with Crippen molar-refractivity contribution < 1.29 is 35.9 Å². The molecule has 0 aliphatic heterocycles. The molecule has 2 aromatic rings. The number of carbonyl (C=O) groups is 1. The van der Waals surface area contributed by atoms with Gasteiger partial charge in [0.2, 0.25) is 0 Å². The zero-order chi connectivity index (χ0) is 20.4. The Bertz CT molecular complexity index is 790. The number of carbonyl (C=O) groups excluding carboxylic acids is 1. The Morgan fingerprint density at radius 3 is 1.89 bits per heavy atom. The van der Waals surface area contributed by atoms with E-state index in [0.717, 1.165) is 5.56 Å². The third kappa shape index (κ3) is 5.48. The van der Waals surface area contributed by atoms with Crippen LogP contribution in [0.15, 0.2) is 36.4 Å². The van der Waals surface area contributed by atoms with E-state index in [2.05, 4.69) is 0 Å². The molecule has 0 saturated heterocycles. The van der Waals surface area contributed by atoms with Crippen molar-refractivity contribution in [2.75, 3.05) is 0 Å². The summed E-state index contributed by atoms with van der Waals surface area (Å²) in [4.78, 5) is 11.0. The summed E-state index contributed by atoms with van der Waals surface area (Å²) in [6.45, 7) is 3.24. The molecular weight excluding hydrogens is 374 g/mol. The molecule has 146 valence electrons. The average Bonchev–Trinajstić information content (AvgIpc) is 2.57. The van der Waals surface area contributed by atoms with Crippen molar-refractivity contribution >= 4 is 6.29 Å². The molecule has 0 aliphatic carbocycles. The number of ether oxygens (including phenoxy) is 1. The van der Waals surface area contributed by atoms with Gasteiger partial charge in [0.1, 0.15) is 18.6 Å². The Morgan fingerprint density at radius 1 is 0.889 bits per heavy atom. The Kier molecular flexibility index (Phi) is 5.87. The zero-order valence-corrected chi connectivity index (χ0v) is 14.4. The highest BCUT2D eigenvalue weighted by Gasteiger charge is 2.36. The lowest BCUT2D eigenvalue weighted by Gasteiger charge is -2.15. The first-order valence-corrected chi connectivity index (χ1v) is 7.91. The van der Waals surface area contributed by atoms with Gasteiger partial charge >= 0.3 is 12.4 Å². The van der Waals surface area contributed by atoms with Gasteiger partial charge in [-0.05, 0) is 53.4 Å². The molecule has 0 N–H and O–H groups in total. The lowest BCUT2D eigenvalue weighted by Crippen LogP contribution is -2.12. The van der Waals surface area contributed by atoms with E-state index < -0.39 is 30.1 Å². The fourth-order valence-electron chi connectivity index (χ4n) is 2.40. The fraction of sp³-hybridized carbons (Fsp3) is 0.316. The molecule has 2 rings (SSSR count). The van der Waals surface area contributed by atoms with Crippen LogP contribution in [0.4, 0.5) is 26.3 Å². The van der Waals surface area contributed by atoms with Crippen LogP contribution in [0.5, 0.6) is 5.75 Å². The minimum atomic E-state index is -4.92. The Labute approximate surface area is 151 Å². The van der Waals surface area contributed by atoms with Gasteiger partial charge in [0, 0.05) is 5.56 Å². The van der Waals surface area contributed by atoms with Crippen LogP contribution in [0, 0.1) is 0 Å². The maximum atomic E-state index is 12.9. The van der Waals surface area contributed by atoms with Gasteiger partial charge in [0.05, 0.1) is 11.1 Å². The molecule has 0 saturated carbocycles. The lowest BCUT2D eigenvalue weighted by atomic mass is 10.0. The molecule has 0 atom stereocenters. The van der Waals surface area contributed by atoms with Gasteiger partial charge in [-0.25, -0.2) is 0 Å². The molecule has 0 amide bonds. The number of halogens is 6. The summed E-state index contributed by atoms with van der Waals surface area (Å²) < 4.78 is 82.7. The van der Waals surface area contributed by atoms with Gasteiger partial charge in [-0.1, -0.05) is 13.8 Å². The predicted octanol–water partition coefficient (Wildman–Crippen LogP) is 6.24. The molecule has 2 nitrogen and oxygen atoms in total. The van der Waals surface area contributed by atoms with Crippen molar-refractivity contribution in [1.82, 2.24) is 0 Å². The first-order chi connectivity index (χ1) is 12.4. The fourth-order valence-corrected chi connectivity index (χ4v) is 2.40. The molecule has 0 unspecified atom stereocenters. The minimum Gasteiger partial charge on any atom is -0.489 e. The number of aldehydes is 1. The second kappa shape index (κ2) is 7.62. The van der Waals surface area contributed by atoms with Crippen LogP contribution in [0.1, 0.15) is 52.4 Å². The van der Waals surface area contributed by atoms with E-state index in [0.29, 0.717) is 24.0 Å². The maximum absolute atomic E-state index is 12.9. The summed E-state index contributed by atoms with van der Waals surface area (Å²) in [6.07, 6.45) is -9.25. The zero-order valence-electron chi connectivity index (χ0n) is 14.4. The Morgan fingerprint density at radius 2 is 1.44 bits per heavy atom. The van der Waals surface area contributed by atoms with Crippen LogP contribution < -0.4 is 4.74 Å². The summed E-state index contributed by atoms with van der Waals surface area (Å²) in [6, 6.07) is 5.89. The maximum Gasteiger partial charge on any atom is 0.416 e. The van der Waals surface area contributed by atoms with Crippen molar-refractivity contribution in [2.24, 2.45) is 0 Å². The number of hydrogen-bond donors (Lipinski definition) is 0. The van der Waals surface area contributed by atoms with Crippen molar-refractivity contribution in [3.8, 4) is 5.75 Å². The molecule has 0 bridgehead atoms. The first kappa shape index (κ1) is 20.8. The lowest BCUT2D eigenvalue weighted by molar-refractivity contribution is -0.143. The van der Waals surface area contributed by atoms with E-state index in [4.69, 9.17) is 4.74 Å². The highest BCUT2D eigenvalue weighted by Crippen LogP contribution is 2.36. The third-order valence-electron chi connectivity index (χ3n) is 3.81. The molecule has 0 fully saturated rings. The second-order valence-corrected chi connectivity index (χ2v) is 6.31. The van der Waals surface area contributed by atoms with Gasteiger partial charge in [-0.2, -0.15) is 26.3 Å². The monoisotopic (exact) mass is 390 g/mol. The van der Waals surface area contributed by atoms with Crippen molar-refractivity contribution in [2.45, 2.75) is 38.7 Å². The summed E-state index contributed by atoms with van der Waals surface area (Å²) in [5.74, 6) is 0.243. The molecule has 2 aromatic carbocycles. The number of benzene rings is 2. The SMILES string of the molecule is CC(C)c1cc(C=O)cc(OCc2cc(C(F)(F)F)cc(C(F)(F)F)c2)c1. The van der Waals surface area contributed by atoms with E-state index in [1.165, 1.54) is 6.07 Å². The summed E-state index contributed by atoms with van der Waals surface area (Å²) >= 11 is 0. The number of alkyl halides is 6. The standard InChI is InChI=1S/C19H16F6O2/c1-11(2)14-3-12(9-26)6-17(7-14)27-10-13-4-15(18(20,21)22)8-16(5-13)19(23,24)25/h3-9,11H,10H2,1-2H3. The Hall–Kier alpha value is -2.51. The normalized spacial score (nSPS) is 12.3. The van der Waals surface area contributed by atoms with Crippen LogP contribution >= 0.6 is 0 Å². The van der Waals surface area contributed by atoms with E-state index in [1.54, 1.807) is 12.1 Å². The Balaban J connectivity index is 2.35. The van der Waals surface area contributed by atoms with Crippen molar-refractivity contribution in [3.63, 3.8) is 0 Å². The molecular formula is C19H16F6O2. The topological polar surface area (TPSA) is 26.3 Å². The van der Waals surface area contributed by atoms with E-state index in [-0.39, 0.29) is 23.3 Å². The third-order valence-corrected chi connectivity index (χ3v) is 3.81. The molecule has 0 aliphatic rings. The molecule has 8 heteroatoms. The van der Waals surface area contributed by atoms with E-state index in [9.17, 15) is 31.1 Å². The van der Waals surface area contributed by atoms with Gasteiger partial charge in [0.25, 0.3) is 0 Å². The van der Waals surface area contributed by atoms with Crippen LogP contribution in [0.3, 0.4) is 0 Å². The molecule has 0 spiro atoms. The first-order valence-electron chi connectivity index (χ1n) is 7.91. The number of rotatable bonds is 5. The highest BCUT2D eigenvalue weighted by molar-refractivity contribution is 5.76. The van der Waals surface area contributed by atoms with Gasteiger partial charge < -0.3 is 4.74 Å². The predicted molar refractivity (Wildman–Crippen MR) is 86.7 cm³/mol. The van der Waals surface area contributed by atoms with Gasteiger partial charge in [-0.3, -0.25) is 4.79 Å². The van der Waals surface area contributed by atoms with Crippen LogP contribution in [0.2, 0.25) is 0 Å². The van der Waals surface area contributed by atoms with Crippen molar-refractivity contribution in [3.05, 3.63) is 64.2 Å². The van der Waals surface area contributed by atoms with Crippen LogP contribution in [-0.2, 0) is 19.0 Å². The highest BCUT2D eigenvalue weighted by atomic mass is 19.4. The summed E-state index contributed by atoms with van der Waals surface area (Å²) in [5.41, 5.74) is -2.02. The quantitative estimate of drug-likeness (QED) is 0.446. The van der Waals surface area contributed by atoms with Gasteiger partial charge in [-0.15, -0.1) is 0 Å². The average molecular weight is 390 g/mol. The van der Waals surface area contributed by atoms with Crippen LogP contribution in [-0.4, -0.2) is 6.29 Å². The second-order valence-electron chi connectivity index (χ2n) is 6.31. The molecule has 27 heavy (non-hydrogen) atoms. The molecule has 0 radical (unpaired) electrons. The largest absolute Gasteiger partial charge is 0.489 e.